The smallest absolute Gasteiger partial charge is 0.359 e. The quantitative estimate of drug-likeness (QED) is 0.439. The molecule has 0 amide bonds. The van der Waals surface area contributed by atoms with E-state index in [0.29, 0.717) is 25.4 Å². The molecule has 1 aromatic carbocycles. The highest BCUT2D eigenvalue weighted by atomic mass is 16.5. The number of ether oxygens (including phenoxy) is 1. The number of hydrogen-bond acceptors (Lipinski definition) is 5. The minimum atomic E-state index is -0.351. The molecule has 1 aliphatic rings. The number of hydrogen-bond donors (Lipinski definition) is 0. The number of benzene rings is 1. The zero-order valence-corrected chi connectivity index (χ0v) is 18.5. The first-order valence-corrected chi connectivity index (χ1v) is 11.0. The van der Waals surface area contributed by atoms with Crippen molar-refractivity contribution in [2.45, 2.75) is 33.0 Å². The van der Waals surface area contributed by atoms with Gasteiger partial charge in [-0.15, -0.1) is 0 Å². The second kappa shape index (κ2) is 8.59. The van der Waals surface area contributed by atoms with Crippen LogP contribution in [0.3, 0.4) is 0 Å². The third-order valence-electron chi connectivity index (χ3n) is 6.09. The van der Waals surface area contributed by atoms with E-state index in [4.69, 9.17) is 4.74 Å². The van der Waals surface area contributed by atoms with Gasteiger partial charge in [0.1, 0.15) is 0 Å². The van der Waals surface area contributed by atoms with E-state index in [9.17, 15) is 4.79 Å². The van der Waals surface area contributed by atoms with Crippen molar-refractivity contribution < 1.29 is 9.53 Å². The molecule has 0 saturated heterocycles. The molecule has 164 valence electrons. The predicted octanol–water partition coefficient (Wildman–Crippen LogP) is 3.55. The summed E-state index contributed by atoms with van der Waals surface area (Å²) in [5, 5.41) is 5.95. The first kappa shape index (κ1) is 20.5. The minimum absolute atomic E-state index is 0.334. The van der Waals surface area contributed by atoms with Crippen molar-refractivity contribution in [3.05, 3.63) is 83.1 Å². The Kier molecular flexibility index (Phi) is 5.49. The summed E-state index contributed by atoms with van der Waals surface area (Å²) in [6.45, 7) is 5.12. The standard InChI is InChI=1S/C25H27N5O2/c1-3-32-25(31)24-21-17-29(15-18-14-28(2)22-10-5-4-9-20(18)22)13-11-23(21)30(27-24)16-19-8-6-7-12-26-19/h4-10,12,14H,3,11,13,15-17H2,1-2H3. The number of nitrogens with zero attached hydrogens (tertiary/aromatic N) is 5. The number of esters is 1. The molecule has 0 atom stereocenters. The number of rotatable bonds is 6. The van der Waals surface area contributed by atoms with E-state index >= 15 is 0 Å². The molecule has 7 nitrogen and oxygen atoms in total. The molecule has 1 aliphatic heterocycles. The van der Waals surface area contributed by atoms with Crippen LogP contribution >= 0.6 is 0 Å². The van der Waals surface area contributed by atoms with Crippen LogP contribution in [0.5, 0.6) is 0 Å². The van der Waals surface area contributed by atoms with Gasteiger partial charge in [-0.3, -0.25) is 14.6 Å². The van der Waals surface area contributed by atoms with Gasteiger partial charge in [0.2, 0.25) is 0 Å². The third kappa shape index (κ3) is 3.80. The molecule has 0 fully saturated rings. The summed E-state index contributed by atoms with van der Waals surface area (Å²) in [5.74, 6) is -0.351. The van der Waals surface area contributed by atoms with E-state index < -0.39 is 0 Å². The average Bonchev–Trinajstić information content (AvgIpc) is 3.32. The van der Waals surface area contributed by atoms with Crippen molar-refractivity contribution in [2.24, 2.45) is 7.05 Å². The van der Waals surface area contributed by atoms with Crippen molar-refractivity contribution in [2.75, 3.05) is 13.2 Å². The molecule has 0 radical (unpaired) electrons. The molecule has 4 heterocycles. The zero-order valence-electron chi connectivity index (χ0n) is 18.5. The van der Waals surface area contributed by atoms with Crippen molar-refractivity contribution in [1.82, 2.24) is 24.2 Å². The highest BCUT2D eigenvalue weighted by Crippen LogP contribution is 2.27. The van der Waals surface area contributed by atoms with Gasteiger partial charge < -0.3 is 9.30 Å². The highest BCUT2D eigenvalue weighted by molar-refractivity contribution is 5.89. The molecule has 4 aromatic rings. The summed E-state index contributed by atoms with van der Waals surface area (Å²) < 4.78 is 9.43. The number of fused-ring (bicyclic) bond motifs is 2. The summed E-state index contributed by atoms with van der Waals surface area (Å²) in [4.78, 5) is 19.5. The van der Waals surface area contributed by atoms with Crippen LogP contribution in [0.4, 0.5) is 0 Å². The predicted molar refractivity (Wildman–Crippen MR) is 122 cm³/mol. The van der Waals surface area contributed by atoms with E-state index in [-0.39, 0.29) is 5.97 Å². The number of carbonyl (C=O) groups is 1. The maximum atomic E-state index is 12.7. The van der Waals surface area contributed by atoms with Gasteiger partial charge in [-0.25, -0.2) is 4.79 Å². The van der Waals surface area contributed by atoms with Crippen molar-refractivity contribution in [1.29, 1.82) is 0 Å². The van der Waals surface area contributed by atoms with Gasteiger partial charge in [-0.2, -0.15) is 5.10 Å². The summed E-state index contributed by atoms with van der Waals surface area (Å²) in [6.07, 6.45) is 4.82. The fraction of sp³-hybridized carbons (Fsp3) is 0.320. The Morgan fingerprint density at radius 1 is 1.12 bits per heavy atom. The third-order valence-corrected chi connectivity index (χ3v) is 6.09. The maximum absolute atomic E-state index is 12.7. The lowest BCUT2D eigenvalue weighted by Gasteiger charge is -2.27. The molecule has 0 aliphatic carbocycles. The second-order valence-corrected chi connectivity index (χ2v) is 8.22. The first-order valence-electron chi connectivity index (χ1n) is 11.0. The molecule has 0 unspecified atom stereocenters. The van der Waals surface area contributed by atoms with Crippen LogP contribution in [0, 0.1) is 0 Å². The SMILES string of the molecule is CCOC(=O)c1nn(Cc2ccccn2)c2c1CN(Cc1cn(C)c3ccccc13)CC2. The first-order chi connectivity index (χ1) is 15.6. The molecule has 5 rings (SSSR count). The summed E-state index contributed by atoms with van der Waals surface area (Å²) in [5.41, 5.74) is 5.96. The Labute approximate surface area is 187 Å². The van der Waals surface area contributed by atoms with Crippen molar-refractivity contribution >= 4 is 16.9 Å². The van der Waals surface area contributed by atoms with Gasteiger partial charge in [-0.05, 0) is 30.7 Å². The van der Waals surface area contributed by atoms with Crippen molar-refractivity contribution in [3.63, 3.8) is 0 Å². The van der Waals surface area contributed by atoms with Gasteiger partial charge in [0.05, 0.1) is 18.8 Å². The summed E-state index contributed by atoms with van der Waals surface area (Å²) in [6, 6.07) is 14.3. The van der Waals surface area contributed by atoms with Crippen LogP contribution in [0.25, 0.3) is 10.9 Å². The Bertz CT molecular complexity index is 1260. The van der Waals surface area contributed by atoms with E-state index in [1.54, 1.807) is 6.20 Å². The molecule has 7 heteroatoms. The fourth-order valence-electron chi connectivity index (χ4n) is 4.61. The summed E-state index contributed by atoms with van der Waals surface area (Å²) in [7, 11) is 2.08. The number of aromatic nitrogens is 4. The Balaban J connectivity index is 1.45. The lowest BCUT2D eigenvalue weighted by atomic mass is 10.0. The van der Waals surface area contributed by atoms with Crippen LogP contribution in [-0.2, 0) is 37.8 Å². The molecule has 0 bridgehead atoms. The number of pyridine rings is 1. The molecule has 0 spiro atoms. The number of para-hydroxylation sites is 1. The Hall–Kier alpha value is -3.45. The topological polar surface area (TPSA) is 65.2 Å². The second-order valence-electron chi connectivity index (χ2n) is 8.22. The van der Waals surface area contributed by atoms with Crippen LogP contribution in [0.1, 0.15) is 39.9 Å². The lowest BCUT2D eigenvalue weighted by Crippen LogP contribution is -2.31. The van der Waals surface area contributed by atoms with Gasteiger partial charge in [-0.1, -0.05) is 24.3 Å². The number of carbonyl (C=O) groups excluding carboxylic acids is 1. The van der Waals surface area contributed by atoms with Crippen molar-refractivity contribution in [3.8, 4) is 0 Å². The molecule has 3 aromatic heterocycles. The average molecular weight is 430 g/mol. The lowest BCUT2D eigenvalue weighted by molar-refractivity contribution is 0.0515. The Morgan fingerprint density at radius 3 is 2.78 bits per heavy atom. The molecule has 32 heavy (non-hydrogen) atoms. The molecular weight excluding hydrogens is 402 g/mol. The van der Waals surface area contributed by atoms with E-state index in [1.807, 2.05) is 29.8 Å². The van der Waals surface area contributed by atoms with Gasteiger partial charge in [0.25, 0.3) is 0 Å². The Morgan fingerprint density at radius 2 is 1.97 bits per heavy atom. The van der Waals surface area contributed by atoms with Gasteiger partial charge >= 0.3 is 5.97 Å². The van der Waals surface area contributed by atoms with Gasteiger partial charge in [0, 0.05) is 67.7 Å². The van der Waals surface area contributed by atoms with Crippen LogP contribution in [0.15, 0.2) is 54.9 Å². The van der Waals surface area contributed by atoms with Gasteiger partial charge in [0.15, 0.2) is 5.69 Å². The zero-order chi connectivity index (χ0) is 22.1. The van der Waals surface area contributed by atoms with Crippen LogP contribution < -0.4 is 0 Å². The van der Waals surface area contributed by atoms with E-state index in [1.165, 1.54) is 16.5 Å². The fourth-order valence-corrected chi connectivity index (χ4v) is 4.61. The van der Waals surface area contributed by atoms with Crippen LogP contribution in [-0.4, -0.2) is 43.4 Å². The number of aryl methyl sites for hydroxylation is 1. The monoisotopic (exact) mass is 429 g/mol. The van der Waals surface area contributed by atoms with Crippen LogP contribution in [0.2, 0.25) is 0 Å². The maximum Gasteiger partial charge on any atom is 0.359 e. The highest BCUT2D eigenvalue weighted by Gasteiger charge is 2.29. The van der Waals surface area contributed by atoms with E-state index in [2.05, 4.69) is 57.1 Å². The summed E-state index contributed by atoms with van der Waals surface area (Å²) >= 11 is 0. The minimum Gasteiger partial charge on any atom is -0.461 e. The largest absolute Gasteiger partial charge is 0.461 e. The van der Waals surface area contributed by atoms with E-state index in [0.717, 1.165) is 36.5 Å². The molecular formula is C25H27N5O2. The molecule has 0 N–H and O–H groups in total. The molecule has 0 saturated carbocycles. The normalized spacial score (nSPS) is 13.9.